The Bertz CT molecular complexity index is 165. The summed E-state index contributed by atoms with van der Waals surface area (Å²) in [4.78, 5) is 0. The highest BCUT2D eigenvalue weighted by Crippen LogP contribution is 2.25. The molecule has 1 fully saturated rings. The average molecular weight is 177 g/mol. The molecule has 1 unspecified atom stereocenters. The molecule has 64 valence electrons. The minimum atomic E-state index is -0.473. The number of ether oxygens (including phenoxy) is 2. The van der Waals surface area contributed by atoms with Crippen molar-refractivity contribution >= 4 is 11.6 Å². The molecule has 0 aromatic rings. The Morgan fingerprint density at radius 1 is 1.73 bits per heavy atom. The van der Waals surface area contributed by atoms with Crippen LogP contribution in [0.2, 0.25) is 0 Å². The molecule has 0 aromatic heterocycles. The maximum Gasteiger partial charge on any atom is 0.163 e. The Kier molecular flexibility index (Phi) is 2.58. The molecule has 1 rings (SSSR count). The third-order valence-corrected chi connectivity index (χ3v) is 1.98. The highest BCUT2D eigenvalue weighted by atomic mass is 35.5. The maximum atomic E-state index is 5.59. The van der Waals surface area contributed by atoms with Crippen molar-refractivity contribution in [2.75, 3.05) is 12.5 Å². The third-order valence-electron chi connectivity index (χ3n) is 1.64. The van der Waals surface area contributed by atoms with Crippen LogP contribution in [0.25, 0.3) is 0 Å². The zero-order chi connectivity index (χ0) is 8.48. The van der Waals surface area contributed by atoms with Crippen LogP contribution in [0.1, 0.15) is 13.8 Å². The average Bonchev–Trinajstić information content (AvgIpc) is 2.29. The topological polar surface area (TPSA) is 18.5 Å². The zero-order valence-electron chi connectivity index (χ0n) is 6.89. The summed E-state index contributed by atoms with van der Waals surface area (Å²) in [6.07, 6.45) is -0.0255. The summed E-state index contributed by atoms with van der Waals surface area (Å²) < 4.78 is 10.8. The number of hydrogen-bond acceptors (Lipinski definition) is 2. The van der Waals surface area contributed by atoms with Gasteiger partial charge in [0, 0.05) is 5.88 Å². The van der Waals surface area contributed by atoms with Crippen LogP contribution in [-0.4, -0.2) is 24.4 Å². The molecule has 0 amide bonds. The summed E-state index contributed by atoms with van der Waals surface area (Å²) in [7, 11) is 0. The molecule has 11 heavy (non-hydrogen) atoms. The summed E-state index contributed by atoms with van der Waals surface area (Å²) in [6.45, 7) is 8.12. The fourth-order valence-electron chi connectivity index (χ4n) is 0.974. The number of halogens is 1. The van der Waals surface area contributed by atoms with E-state index in [2.05, 4.69) is 6.58 Å². The molecule has 0 N–H and O–H groups in total. The van der Waals surface area contributed by atoms with Crippen molar-refractivity contribution in [2.24, 2.45) is 0 Å². The molecule has 0 saturated carbocycles. The van der Waals surface area contributed by atoms with Gasteiger partial charge in [0.15, 0.2) is 5.79 Å². The van der Waals surface area contributed by atoms with E-state index in [0.717, 1.165) is 5.57 Å². The van der Waals surface area contributed by atoms with E-state index < -0.39 is 5.79 Å². The zero-order valence-corrected chi connectivity index (χ0v) is 7.65. The lowest BCUT2D eigenvalue weighted by atomic mass is 10.2. The number of alkyl halides is 1. The van der Waals surface area contributed by atoms with Gasteiger partial charge in [-0.3, -0.25) is 0 Å². The van der Waals surface area contributed by atoms with Gasteiger partial charge < -0.3 is 9.47 Å². The first-order valence-corrected chi connectivity index (χ1v) is 4.14. The molecule has 2 nitrogen and oxygen atoms in total. The van der Waals surface area contributed by atoms with Crippen LogP contribution >= 0.6 is 11.6 Å². The summed E-state index contributed by atoms with van der Waals surface area (Å²) in [5.41, 5.74) is 0.886. The van der Waals surface area contributed by atoms with E-state index >= 15 is 0 Å². The molecule has 0 aromatic carbocycles. The van der Waals surface area contributed by atoms with Crippen LogP contribution in [0.3, 0.4) is 0 Å². The lowest BCUT2D eigenvalue weighted by molar-refractivity contribution is -0.134. The Morgan fingerprint density at radius 3 is 2.73 bits per heavy atom. The predicted molar refractivity (Wildman–Crippen MR) is 44.8 cm³/mol. The van der Waals surface area contributed by atoms with Crippen molar-refractivity contribution in [3.8, 4) is 0 Å². The van der Waals surface area contributed by atoms with Gasteiger partial charge in [-0.1, -0.05) is 6.58 Å². The van der Waals surface area contributed by atoms with Crippen molar-refractivity contribution < 1.29 is 9.47 Å². The van der Waals surface area contributed by atoms with Crippen LogP contribution in [0, 0.1) is 0 Å². The molecule has 1 aliphatic heterocycles. The van der Waals surface area contributed by atoms with Gasteiger partial charge >= 0.3 is 0 Å². The van der Waals surface area contributed by atoms with Gasteiger partial charge in [-0.05, 0) is 19.4 Å². The highest BCUT2D eigenvalue weighted by Gasteiger charge is 2.33. The first-order valence-electron chi connectivity index (χ1n) is 3.60. The fraction of sp³-hybridized carbons (Fsp3) is 0.750. The van der Waals surface area contributed by atoms with Gasteiger partial charge in [-0.2, -0.15) is 0 Å². The lowest BCUT2D eigenvalue weighted by Gasteiger charge is -2.17. The third kappa shape index (κ3) is 2.19. The number of rotatable bonds is 2. The highest BCUT2D eigenvalue weighted by molar-refractivity contribution is 6.19. The van der Waals surface area contributed by atoms with Crippen molar-refractivity contribution in [1.29, 1.82) is 0 Å². The SMILES string of the molecule is C=C(CCl)C1COC(C)(C)O1. The molecular formula is C8H13ClO2. The van der Waals surface area contributed by atoms with E-state index in [9.17, 15) is 0 Å². The van der Waals surface area contributed by atoms with Crippen molar-refractivity contribution in [1.82, 2.24) is 0 Å². The Hall–Kier alpha value is -0.0500. The van der Waals surface area contributed by atoms with E-state index in [1.165, 1.54) is 0 Å². The standard InChI is InChI=1S/C8H13ClO2/c1-6(4-9)7-5-10-8(2,3)11-7/h7H,1,4-5H2,2-3H3. The van der Waals surface area contributed by atoms with Gasteiger partial charge in [-0.25, -0.2) is 0 Å². The van der Waals surface area contributed by atoms with Crippen molar-refractivity contribution in [3.63, 3.8) is 0 Å². The molecule has 3 heteroatoms. The van der Waals surface area contributed by atoms with E-state index in [-0.39, 0.29) is 6.10 Å². The molecule has 0 spiro atoms. The first kappa shape index (κ1) is 9.04. The molecule has 0 bridgehead atoms. The molecule has 1 atom stereocenters. The minimum Gasteiger partial charge on any atom is -0.347 e. The Morgan fingerprint density at radius 2 is 2.36 bits per heavy atom. The fourth-order valence-corrected chi connectivity index (χ4v) is 1.15. The van der Waals surface area contributed by atoms with E-state index in [0.29, 0.717) is 12.5 Å². The van der Waals surface area contributed by atoms with Crippen LogP contribution < -0.4 is 0 Å². The summed E-state index contributed by atoms with van der Waals surface area (Å²) in [5.74, 6) is -0.0379. The van der Waals surface area contributed by atoms with Crippen LogP contribution in [0.4, 0.5) is 0 Å². The van der Waals surface area contributed by atoms with Gasteiger partial charge in [-0.15, -0.1) is 11.6 Å². The maximum absolute atomic E-state index is 5.59. The molecule has 1 saturated heterocycles. The second kappa shape index (κ2) is 3.13. The summed E-state index contributed by atoms with van der Waals surface area (Å²) in [6, 6.07) is 0. The largest absolute Gasteiger partial charge is 0.347 e. The minimum absolute atomic E-state index is 0.0255. The molecule has 0 aliphatic carbocycles. The Labute approximate surface area is 72.1 Å². The van der Waals surface area contributed by atoms with Gasteiger partial charge in [0.25, 0.3) is 0 Å². The van der Waals surface area contributed by atoms with Gasteiger partial charge in [0.05, 0.1) is 6.61 Å². The molecule has 0 radical (unpaired) electrons. The predicted octanol–water partition coefficient (Wildman–Crippen LogP) is 1.93. The molecular weight excluding hydrogens is 164 g/mol. The summed E-state index contributed by atoms with van der Waals surface area (Å²) >= 11 is 5.59. The lowest BCUT2D eigenvalue weighted by Crippen LogP contribution is -2.22. The van der Waals surface area contributed by atoms with Crippen LogP contribution in [0.15, 0.2) is 12.2 Å². The monoisotopic (exact) mass is 176 g/mol. The van der Waals surface area contributed by atoms with Crippen molar-refractivity contribution in [3.05, 3.63) is 12.2 Å². The van der Waals surface area contributed by atoms with E-state index in [4.69, 9.17) is 21.1 Å². The van der Waals surface area contributed by atoms with Crippen LogP contribution in [0.5, 0.6) is 0 Å². The smallest absolute Gasteiger partial charge is 0.163 e. The van der Waals surface area contributed by atoms with E-state index in [1.54, 1.807) is 0 Å². The molecule has 1 aliphatic rings. The molecule has 1 heterocycles. The quantitative estimate of drug-likeness (QED) is 0.473. The second-order valence-corrected chi connectivity index (χ2v) is 3.38. The van der Waals surface area contributed by atoms with Crippen molar-refractivity contribution in [2.45, 2.75) is 25.7 Å². The Balaban J connectivity index is 2.48. The van der Waals surface area contributed by atoms with E-state index in [1.807, 2.05) is 13.8 Å². The first-order chi connectivity index (χ1) is 5.05. The number of hydrogen-bond donors (Lipinski definition) is 0. The second-order valence-electron chi connectivity index (χ2n) is 3.11. The summed E-state index contributed by atoms with van der Waals surface area (Å²) in [5, 5.41) is 0. The van der Waals surface area contributed by atoms with Crippen LogP contribution in [-0.2, 0) is 9.47 Å². The van der Waals surface area contributed by atoms with Gasteiger partial charge in [0.2, 0.25) is 0 Å². The van der Waals surface area contributed by atoms with Gasteiger partial charge in [0.1, 0.15) is 6.10 Å². The normalized spacial score (nSPS) is 28.8.